The zero-order valence-electron chi connectivity index (χ0n) is 8.98. The fraction of sp³-hybridized carbons (Fsp3) is 0.667. The van der Waals surface area contributed by atoms with Gasteiger partial charge >= 0.3 is 0 Å². The number of ether oxygens (including phenoxy) is 1. The highest BCUT2D eigenvalue weighted by Gasteiger charge is 2.09. The van der Waals surface area contributed by atoms with Gasteiger partial charge in [-0.15, -0.1) is 10.2 Å². The normalized spacial score (nSPS) is 17.2. The Morgan fingerprint density at radius 2 is 2.31 bits per heavy atom. The van der Waals surface area contributed by atoms with Crippen molar-refractivity contribution in [1.29, 1.82) is 0 Å². The van der Waals surface area contributed by atoms with Gasteiger partial charge in [-0.1, -0.05) is 0 Å². The molecule has 1 aromatic heterocycles. The second-order valence-electron chi connectivity index (χ2n) is 3.56. The number of rotatable bonds is 4. The minimum atomic E-state index is -0.246. The molecule has 2 heterocycles. The Morgan fingerprint density at radius 1 is 1.50 bits per heavy atom. The van der Waals surface area contributed by atoms with Crippen LogP contribution in [0, 0.1) is 0 Å². The van der Waals surface area contributed by atoms with E-state index in [-0.39, 0.29) is 5.56 Å². The van der Waals surface area contributed by atoms with Crippen LogP contribution in [0.5, 0.6) is 0 Å². The Morgan fingerprint density at radius 3 is 3.06 bits per heavy atom. The van der Waals surface area contributed by atoms with E-state index in [1.54, 1.807) is 0 Å². The van der Waals surface area contributed by atoms with Crippen LogP contribution in [0.15, 0.2) is 11.0 Å². The van der Waals surface area contributed by atoms with Gasteiger partial charge in [-0.2, -0.15) is 0 Å². The molecule has 0 spiro atoms. The number of nitrogens with zero attached hydrogens (tertiary/aromatic N) is 3. The molecule has 0 amide bonds. The molecule has 1 saturated heterocycles. The summed E-state index contributed by atoms with van der Waals surface area (Å²) in [4.78, 5) is 15.8. The van der Waals surface area contributed by atoms with Crippen LogP contribution in [0.3, 0.4) is 0 Å². The standard InChI is InChI=1S/C9H15N5O2/c15-8-7-11-13-9(12-8)10-1-2-14-3-5-16-6-4-14/h7H,1-6H2,(H2,10,12,13,15). The van der Waals surface area contributed by atoms with Crippen LogP contribution in [0.4, 0.5) is 5.95 Å². The summed E-state index contributed by atoms with van der Waals surface area (Å²) in [5.74, 6) is 0.417. The zero-order chi connectivity index (χ0) is 11.2. The highest BCUT2D eigenvalue weighted by atomic mass is 16.5. The molecule has 1 aliphatic heterocycles. The molecule has 0 unspecified atom stereocenters. The molecule has 16 heavy (non-hydrogen) atoms. The van der Waals surface area contributed by atoms with E-state index in [2.05, 4.69) is 25.4 Å². The first-order chi connectivity index (χ1) is 7.84. The maximum Gasteiger partial charge on any atom is 0.271 e. The number of anilines is 1. The highest BCUT2D eigenvalue weighted by Crippen LogP contribution is 1.96. The summed E-state index contributed by atoms with van der Waals surface area (Å²) in [5.41, 5.74) is -0.246. The van der Waals surface area contributed by atoms with Gasteiger partial charge in [0.25, 0.3) is 5.56 Å². The van der Waals surface area contributed by atoms with Crippen molar-refractivity contribution < 1.29 is 4.74 Å². The summed E-state index contributed by atoms with van der Waals surface area (Å²) in [5, 5.41) is 10.3. The van der Waals surface area contributed by atoms with Crippen LogP contribution >= 0.6 is 0 Å². The molecular weight excluding hydrogens is 210 g/mol. The highest BCUT2D eigenvalue weighted by molar-refractivity contribution is 5.19. The number of morpholine rings is 1. The molecular formula is C9H15N5O2. The Kier molecular flexibility index (Phi) is 3.84. The van der Waals surface area contributed by atoms with Crippen LogP contribution in [-0.2, 0) is 4.74 Å². The lowest BCUT2D eigenvalue weighted by Crippen LogP contribution is -2.39. The first-order valence-electron chi connectivity index (χ1n) is 5.30. The summed E-state index contributed by atoms with van der Waals surface area (Å²) < 4.78 is 5.25. The van der Waals surface area contributed by atoms with Crippen LogP contribution in [0.2, 0.25) is 0 Å². The van der Waals surface area contributed by atoms with Gasteiger partial charge < -0.3 is 10.1 Å². The van der Waals surface area contributed by atoms with Crippen LogP contribution in [0.25, 0.3) is 0 Å². The molecule has 0 radical (unpaired) electrons. The fourth-order valence-corrected chi connectivity index (χ4v) is 1.55. The molecule has 2 N–H and O–H groups in total. The summed E-state index contributed by atoms with van der Waals surface area (Å²) in [6, 6.07) is 0. The maximum atomic E-state index is 10.9. The molecule has 7 heteroatoms. The van der Waals surface area contributed by atoms with Crippen molar-refractivity contribution in [3.63, 3.8) is 0 Å². The Hall–Kier alpha value is -1.47. The van der Waals surface area contributed by atoms with Crippen molar-refractivity contribution >= 4 is 5.95 Å². The third-order valence-electron chi connectivity index (χ3n) is 2.40. The molecule has 88 valence electrons. The van der Waals surface area contributed by atoms with Crippen molar-refractivity contribution in [3.8, 4) is 0 Å². The van der Waals surface area contributed by atoms with E-state index in [1.807, 2.05) is 0 Å². The van der Waals surface area contributed by atoms with Crippen molar-refractivity contribution in [3.05, 3.63) is 16.6 Å². The van der Waals surface area contributed by atoms with E-state index in [0.29, 0.717) is 5.95 Å². The Bertz CT molecular complexity index is 374. The van der Waals surface area contributed by atoms with Gasteiger partial charge in [-0.05, 0) is 0 Å². The third kappa shape index (κ3) is 3.28. The lowest BCUT2D eigenvalue weighted by atomic mass is 10.4. The van der Waals surface area contributed by atoms with Crippen molar-refractivity contribution in [1.82, 2.24) is 20.1 Å². The first-order valence-corrected chi connectivity index (χ1v) is 5.30. The summed E-state index contributed by atoms with van der Waals surface area (Å²) in [6.07, 6.45) is 1.15. The van der Waals surface area contributed by atoms with Gasteiger partial charge in [0.2, 0.25) is 5.95 Å². The van der Waals surface area contributed by atoms with E-state index in [9.17, 15) is 4.79 Å². The molecule has 7 nitrogen and oxygen atoms in total. The van der Waals surface area contributed by atoms with E-state index in [4.69, 9.17) is 4.74 Å². The lowest BCUT2D eigenvalue weighted by Gasteiger charge is -2.26. The van der Waals surface area contributed by atoms with Crippen molar-refractivity contribution in [2.45, 2.75) is 0 Å². The topological polar surface area (TPSA) is 83.1 Å². The van der Waals surface area contributed by atoms with E-state index < -0.39 is 0 Å². The molecule has 0 saturated carbocycles. The molecule has 0 aliphatic carbocycles. The molecule has 2 rings (SSSR count). The first kappa shape index (κ1) is 11.0. The van der Waals surface area contributed by atoms with Crippen LogP contribution in [-0.4, -0.2) is 59.5 Å². The number of aromatic nitrogens is 3. The SMILES string of the molecule is O=c1cnnc(NCCN2CCOCC2)[nH]1. The summed E-state index contributed by atoms with van der Waals surface area (Å²) >= 11 is 0. The zero-order valence-corrected chi connectivity index (χ0v) is 8.98. The molecule has 1 aromatic rings. The second-order valence-corrected chi connectivity index (χ2v) is 3.56. The second kappa shape index (κ2) is 5.57. The van der Waals surface area contributed by atoms with Gasteiger partial charge in [-0.25, -0.2) is 0 Å². The van der Waals surface area contributed by atoms with Gasteiger partial charge in [0.15, 0.2) is 0 Å². The van der Waals surface area contributed by atoms with Gasteiger partial charge in [0.05, 0.1) is 13.2 Å². The Balaban J connectivity index is 1.73. The monoisotopic (exact) mass is 225 g/mol. The number of hydrogen-bond donors (Lipinski definition) is 2. The molecule has 1 aliphatic rings. The third-order valence-corrected chi connectivity index (χ3v) is 2.40. The molecule has 0 aromatic carbocycles. The Labute approximate surface area is 92.8 Å². The predicted molar refractivity (Wildman–Crippen MR) is 58.4 cm³/mol. The van der Waals surface area contributed by atoms with E-state index in [0.717, 1.165) is 45.6 Å². The lowest BCUT2D eigenvalue weighted by molar-refractivity contribution is 0.0398. The fourth-order valence-electron chi connectivity index (χ4n) is 1.55. The average Bonchev–Trinajstić information content (AvgIpc) is 2.30. The minimum Gasteiger partial charge on any atom is -0.379 e. The van der Waals surface area contributed by atoms with Gasteiger partial charge in [0.1, 0.15) is 6.20 Å². The van der Waals surface area contributed by atoms with Gasteiger partial charge in [-0.3, -0.25) is 14.7 Å². The molecule has 0 bridgehead atoms. The van der Waals surface area contributed by atoms with E-state index in [1.165, 1.54) is 0 Å². The van der Waals surface area contributed by atoms with Gasteiger partial charge in [0, 0.05) is 26.2 Å². The number of hydrogen-bond acceptors (Lipinski definition) is 6. The number of aromatic amines is 1. The van der Waals surface area contributed by atoms with Crippen LogP contribution < -0.4 is 10.9 Å². The quantitative estimate of drug-likeness (QED) is 0.677. The number of nitrogens with one attached hydrogen (secondary N) is 2. The van der Waals surface area contributed by atoms with E-state index >= 15 is 0 Å². The maximum absolute atomic E-state index is 10.9. The molecule has 1 fully saturated rings. The minimum absolute atomic E-state index is 0.246. The average molecular weight is 225 g/mol. The predicted octanol–water partition coefficient (Wildman–Crippen LogP) is -1.09. The van der Waals surface area contributed by atoms with Crippen molar-refractivity contribution in [2.24, 2.45) is 0 Å². The largest absolute Gasteiger partial charge is 0.379 e. The summed E-state index contributed by atoms with van der Waals surface area (Å²) in [6.45, 7) is 5.14. The smallest absolute Gasteiger partial charge is 0.271 e. The van der Waals surface area contributed by atoms with Crippen LogP contribution in [0.1, 0.15) is 0 Å². The number of H-pyrrole nitrogens is 1. The summed E-state index contributed by atoms with van der Waals surface area (Å²) in [7, 11) is 0. The molecule has 0 atom stereocenters. The van der Waals surface area contributed by atoms with Crippen molar-refractivity contribution in [2.75, 3.05) is 44.7 Å².